The third-order valence-corrected chi connectivity index (χ3v) is 10.5. The monoisotopic (exact) mass is 499 g/mol. The number of pyridine rings is 2. The molecule has 0 unspecified atom stereocenters. The van der Waals surface area contributed by atoms with Crippen LogP contribution in [0.5, 0.6) is 5.75 Å². The molecule has 3 aliphatic heterocycles. The zero-order valence-corrected chi connectivity index (χ0v) is 22.3. The lowest BCUT2D eigenvalue weighted by Gasteiger charge is -2.59. The molecule has 0 spiro atoms. The summed E-state index contributed by atoms with van der Waals surface area (Å²) in [6, 6.07) is 5.82. The standard InChI is InChI=1S/C26H37N5O3S/c1-19-15-23(28-16-22(19)35(32,33)31-18-25(2,3)26(31,4)5)30-14-10-20(17-30)34-21-9-8-11-27-24(21)29-12-6-7-13-29/h8-9,11,15-16,20H,6-7,10,12-14,17-18H2,1-5H3/t20-/m0/s1. The first-order valence-corrected chi connectivity index (χ1v) is 14.1. The van der Waals surface area contributed by atoms with Crippen molar-refractivity contribution in [3.05, 3.63) is 36.2 Å². The maximum Gasteiger partial charge on any atom is 0.245 e. The van der Waals surface area contributed by atoms with Crippen molar-refractivity contribution in [3.8, 4) is 5.75 Å². The van der Waals surface area contributed by atoms with Crippen molar-refractivity contribution < 1.29 is 13.2 Å². The van der Waals surface area contributed by atoms with Crippen LogP contribution in [0.4, 0.5) is 11.6 Å². The van der Waals surface area contributed by atoms with Crippen molar-refractivity contribution in [2.75, 3.05) is 42.5 Å². The molecule has 1 atom stereocenters. The molecular weight excluding hydrogens is 462 g/mol. The maximum atomic E-state index is 13.4. The van der Waals surface area contributed by atoms with Crippen LogP contribution in [-0.4, -0.2) is 67.1 Å². The van der Waals surface area contributed by atoms with Gasteiger partial charge in [-0.1, -0.05) is 13.8 Å². The molecule has 5 rings (SSSR count). The quantitative estimate of drug-likeness (QED) is 0.597. The Morgan fingerprint density at radius 1 is 1.06 bits per heavy atom. The largest absolute Gasteiger partial charge is 0.485 e. The fraction of sp³-hybridized carbons (Fsp3) is 0.615. The average Bonchev–Trinajstić information content (AvgIpc) is 3.50. The smallest absolute Gasteiger partial charge is 0.245 e. The molecule has 35 heavy (non-hydrogen) atoms. The van der Waals surface area contributed by atoms with E-state index in [0.717, 1.165) is 49.0 Å². The number of rotatable bonds is 6. The molecule has 5 heterocycles. The summed E-state index contributed by atoms with van der Waals surface area (Å²) in [4.78, 5) is 13.9. The summed E-state index contributed by atoms with van der Waals surface area (Å²) in [5.41, 5.74) is 0.231. The molecule has 0 radical (unpaired) electrons. The number of nitrogens with zero attached hydrogens (tertiary/aromatic N) is 5. The van der Waals surface area contributed by atoms with Crippen LogP contribution < -0.4 is 14.5 Å². The number of aromatic nitrogens is 2. The molecule has 0 amide bonds. The van der Waals surface area contributed by atoms with E-state index in [2.05, 4.69) is 33.6 Å². The van der Waals surface area contributed by atoms with Gasteiger partial charge in [-0.25, -0.2) is 18.4 Å². The summed E-state index contributed by atoms with van der Waals surface area (Å²) in [6.45, 7) is 14.2. The van der Waals surface area contributed by atoms with Gasteiger partial charge in [-0.05, 0) is 62.8 Å². The van der Waals surface area contributed by atoms with Crippen LogP contribution in [-0.2, 0) is 10.0 Å². The van der Waals surface area contributed by atoms with Gasteiger partial charge in [0.05, 0.1) is 6.54 Å². The maximum absolute atomic E-state index is 13.4. The second-order valence-corrected chi connectivity index (χ2v) is 13.1. The van der Waals surface area contributed by atoms with Gasteiger partial charge in [0.2, 0.25) is 10.0 Å². The van der Waals surface area contributed by atoms with E-state index in [-0.39, 0.29) is 11.5 Å². The molecule has 2 aromatic rings. The van der Waals surface area contributed by atoms with Gasteiger partial charge in [0.15, 0.2) is 11.6 Å². The van der Waals surface area contributed by atoms with Crippen LogP contribution in [0.1, 0.15) is 52.5 Å². The molecule has 2 aromatic heterocycles. The summed E-state index contributed by atoms with van der Waals surface area (Å²) in [6.07, 6.45) is 6.66. The summed E-state index contributed by atoms with van der Waals surface area (Å²) in [5.74, 6) is 2.57. The van der Waals surface area contributed by atoms with Crippen molar-refractivity contribution in [1.82, 2.24) is 14.3 Å². The van der Waals surface area contributed by atoms with Gasteiger partial charge < -0.3 is 14.5 Å². The van der Waals surface area contributed by atoms with Gasteiger partial charge in [0.1, 0.15) is 16.8 Å². The van der Waals surface area contributed by atoms with Gasteiger partial charge >= 0.3 is 0 Å². The Morgan fingerprint density at radius 3 is 2.46 bits per heavy atom. The Balaban J connectivity index is 1.29. The van der Waals surface area contributed by atoms with Crippen LogP contribution in [0, 0.1) is 12.3 Å². The van der Waals surface area contributed by atoms with E-state index in [0.29, 0.717) is 18.0 Å². The van der Waals surface area contributed by atoms with Gasteiger partial charge in [-0.2, -0.15) is 4.31 Å². The minimum atomic E-state index is -3.60. The second kappa shape index (κ2) is 8.62. The first kappa shape index (κ1) is 24.3. The van der Waals surface area contributed by atoms with Crippen LogP contribution >= 0.6 is 0 Å². The molecule has 0 aliphatic carbocycles. The van der Waals surface area contributed by atoms with Crippen molar-refractivity contribution in [2.45, 2.75) is 70.4 Å². The number of hydrogen-bond acceptors (Lipinski definition) is 7. The molecule has 0 bridgehead atoms. The molecule has 0 N–H and O–H groups in total. The highest BCUT2D eigenvalue weighted by Crippen LogP contribution is 2.49. The minimum Gasteiger partial charge on any atom is -0.485 e. The molecule has 190 valence electrons. The average molecular weight is 500 g/mol. The summed E-state index contributed by atoms with van der Waals surface area (Å²) in [5, 5.41) is 0. The van der Waals surface area contributed by atoms with E-state index in [1.165, 1.54) is 19.0 Å². The summed E-state index contributed by atoms with van der Waals surface area (Å²) in [7, 11) is -3.60. The normalized spacial score (nSPS) is 24.0. The molecule has 9 heteroatoms. The zero-order valence-electron chi connectivity index (χ0n) is 21.5. The lowest BCUT2D eigenvalue weighted by molar-refractivity contribution is -0.0519. The van der Waals surface area contributed by atoms with Crippen LogP contribution in [0.25, 0.3) is 0 Å². The zero-order chi connectivity index (χ0) is 25.0. The summed E-state index contributed by atoms with van der Waals surface area (Å²) >= 11 is 0. The van der Waals surface area contributed by atoms with Gasteiger partial charge in [0, 0.05) is 50.5 Å². The second-order valence-electron chi connectivity index (χ2n) is 11.3. The van der Waals surface area contributed by atoms with E-state index in [4.69, 9.17) is 4.74 Å². The predicted octanol–water partition coefficient (Wildman–Crippen LogP) is 3.85. The van der Waals surface area contributed by atoms with E-state index < -0.39 is 15.6 Å². The Morgan fingerprint density at radius 2 is 1.80 bits per heavy atom. The number of aryl methyl sites for hydroxylation is 1. The topological polar surface area (TPSA) is 78.9 Å². The van der Waals surface area contributed by atoms with Crippen LogP contribution in [0.3, 0.4) is 0 Å². The third-order valence-electron chi connectivity index (χ3n) is 8.35. The molecule has 0 aromatic carbocycles. The third kappa shape index (κ3) is 4.16. The fourth-order valence-corrected chi connectivity index (χ4v) is 7.55. The van der Waals surface area contributed by atoms with Gasteiger partial charge in [0.25, 0.3) is 0 Å². The Kier molecular flexibility index (Phi) is 5.99. The van der Waals surface area contributed by atoms with Crippen LogP contribution in [0.15, 0.2) is 35.5 Å². The summed E-state index contributed by atoms with van der Waals surface area (Å²) < 4.78 is 34.8. The minimum absolute atomic E-state index is 0.0372. The van der Waals surface area contributed by atoms with Crippen molar-refractivity contribution in [3.63, 3.8) is 0 Å². The van der Waals surface area contributed by atoms with Crippen molar-refractivity contribution in [2.24, 2.45) is 5.41 Å². The molecule has 3 fully saturated rings. The Hall–Kier alpha value is -2.39. The highest BCUT2D eigenvalue weighted by atomic mass is 32.2. The molecule has 8 nitrogen and oxygen atoms in total. The fourth-order valence-electron chi connectivity index (χ4n) is 5.32. The van der Waals surface area contributed by atoms with Crippen LogP contribution in [0.2, 0.25) is 0 Å². The van der Waals surface area contributed by atoms with E-state index >= 15 is 0 Å². The Labute approximate surface area is 209 Å². The van der Waals surface area contributed by atoms with Gasteiger partial charge in [-0.3, -0.25) is 0 Å². The number of anilines is 2. The molecule has 0 saturated carbocycles. The van der Waals surface area contributed by atoms with E-state index in [1.807, 2.05) is 45.2 Å². The highest BCUT2D eigenvalue weighted by molar-refractivity contribution is 7.89. The SMILES string of the molecule is Cc1cc(N2CC[C@H](Oc3cccnc3N3CCCC3)C2)ncc1S(=O)(=O)N1CC(C)(C)C1(C)C. The Bertz CT molecular complexity index is 1210. The van der Waals surface area contributed by atoms with E-state index in [9.17, 15) is 8.42 Å². The van der Waals surface area contributed by atoms with Crippen molar-refractivity contribution in [1.29, 1.82) is 0 Å². The first-order chi connectivity index (χ1) is 16.5. The molecule has 3 aliphatic rings. The lowest BCUT2D eigenvalue weighted by atomic mass is 9.67. The predicted molar refractivity (Wildman–Crippen MR) is 138 cm³/mol. The molecule has 3 saturated heterocycles. The molecular formula is C26H37N5O3S. The number of hydrogen-bond donors (Lipinski definition) is 0. The highest BCUT2D eigenvalue weighted by Gasteiger charge is 2.57. The lowest BCUT2D eigenvalue weighted by Crippen LogP contribution is -2.70. The number of ether oxygens (including phenoxy) is 1. The van der Waals surface area contributed by atoms with Gasteiger partial charge in [-0.15, -0.1) is 0 Å². The number of sulfonamides is 1. The van der Waals surface area contributed by atoms with E-state index in [1.54, 1.807) is 4.31 Å². The first-order valence-electron chi connectivity index (χ1n) is 12.6. The van der Waals surface area contributed by atoms with Crippen molar-refractivity contribution >= 4 is 21.7 Å².